The van der Waals surface area contributed by atoms with Crippen molar-refractivity contribution in [2.45, 2.75) is 63.6 Å². The normalized spacial score (nSPS) is 19.0. The lowest BCUT2D eigenvalue weighted by Gasteiger charge is -2.28. The molecular formula is C21H34F3N3O6Si. The fourth-order valence-electron chi connectivity index (χ4n) is 3.56. The molecule has 1 aliphatic rings. The average molecular weight is 510 g/mol. The highest BCUT2D eigenvalue weighted by molar-refractivity contribution is 6.76. The van der Waals surface area contributed by atoms with E-state index in [1.54, 1.807) is 0 Å². The molecule has 1 fully saturated rings. The zero-order valence-corrected chi connectivity index (χ0v) is 21.3. The Morgan fingerprint density at radius 3 is 2.50 bits per heavy atom. The summed E-state index contributed by atoms with van der Waals surface area (Å²) in [7, 11) is 1.35. The fraction of sp³-hybridized carbons (Fsp3) is 0.762. The van der Waals surface area contributed by atoms with Gasteiger partial charge in [0.2, 0.25) is 0 Å². The van der Waals surface area contributed by atoms with Gasteiger partial charge in [-0.1, -0.05) is 19.6 Å². The molecule has 0 N–H and O–H groups in total. The molecule has 1 aromatic heterocycles. The summed E-state index contributed by atoms with van der Waals surface area (Å²) >= 11 is 0. The van der Waals surface area contributed by atoms with E-state index in [2.05, 4.69) is 29.5 Å². The number of aromatic nitrogens is 2. The third-order valence-corrected chi connectivity index (χ3v) is 7.23. The molecule has 0 saturated carbocycles. The number of carbonyl (C=O) groups is 1. The van der Waals surface area contributed by atoms with Gasteiger partial charge in [0, 0.05) is 28.3 Å². The molecule has 0 unspecified atom stereocenters. The van der Waals surface area contributed by atoms with Crippen molar-refractivity contribution >= 4 is 19.7 Å². The summed E-state index contributed by atoms with van der Waals surface area (Å²) in [4.78, 5) is 25.5. The quantitative estimate of drug-likeness (QED) is 0.241. The van der Waals surface area contributed by atoms with Gasteiger partial charge in [-0.05, 0) is 12.5 Å². The number of esters is 1. The molecule has 34 heavy (non-hydrogen) atoms. The maximum Gasteiger partial charge on any atom is 0.423 e. The van der Waals surface area contributed by atoms with E-state index < -0.39 is 37.4 Å². The third kappa shape index (κ3) is 8.07. The lowest BCUT2D eigenvalue weighted by atomic mass is 10.2. The van der Waals surface area contributed by atoms with Gasteiger partial charge >= 0.3 is 12.1 Å². The summed E-state index contributed by atoms with van der Waals surface area (Å²) in [5.74, 6) is -0.447. The highest BCUT2D eigenvalue weighted by Gasteiger charge is 2.43. The zero-order chi connectivity index (χ0) is 25.5. The monoisotopic (exact) mass is 509 g/mol. The predicted octanol–water partition coefficient (Wildman–Crippen LogP) is 2.75. The standard InChI is InChI=1S/C21H34F3N3O6Si/c1-30-16-10-15(13-32-7-6-18(28)31-2)26(12-16)17-11-25-27(14-33-8-9-34(3,4)5)20(29)19(17)21(22,23)24/h11,15-16H,6-10,12-14H2,1-5H3/t15-,16-/m0/s1. The van der Waals surface area contributed by atoms with Crippen molar-refractivity contribution in [3.05, 3.63) is 22.1 Å². The summed E-state index contributed by atoms with van der Waals surface area (Å²) in [6.45, 7) is 6.70. The summed E-state index contributed by atoms with van der Waals surface area (Å²) < 4.78 is 63.6. The van der Waals surface area contributed by atoms with Gasteiger partial charge in [0.15, 0.2) is 0 Å². The van der Waals surface area contributed by atoms with E-state index in [9.17, 15) is 22.8 Å². The van der Waals surface area contributed by atoms with Crippen LogP contribution in [0.5, 0.6) is 0 Å². The first-order chi connectivity index (χ1) is 15.9. The van der Waals surface area contributed by atoms with Gasteiger partial charge in [-0.2, -0.15) is 18.3 Å². The van der Waals surface area contributed by atoms with Gasteiger partial charge in [0.1, 0.15) is 12.3 Å². The number of halogens is 3. The SMILES string of the molecule is COC(=O)CCOC[C@@H]1C[C@H](OC)CN1c1cnn(COCC[Si](C)(C)C)c(=O)c1C(F)(F)F. The average Bonchev–Trinajstić information content (AvgIpc) is 3.16. The van der Waals surface area contributed by atoms with Gasteiger partial charge < -0.3 is 23.8 Å². The molecule has 1 aliphatic heterocycles. The maximum absolute atomic E-state index is 14.0. The van der Waals surface area contributed by atoms with Crippen LogP contribution in [0.15, 0.2) is 11.0 Å². The maximum atomic E-state index is 14.0. The molecule has 1 saturated heterocycles. The van der Waals surface area contributed by atoms with Crippen LogP contribution in [-0.4, -0.2) is 76.6 Å². The Hall–Kier alpha value is -1.96. The van der Waals surface area contributed by atoms with E-state index in [0.717, 1.165) is 12.2 Å². The van der Waals surface area contributed by atoms with Crippen molar-refractivity contribution in [1.29, 1.82) is 0 Å². The Bertz CT molecular complexity index is 875. The summed E-state index contributed by atoms with van der Waals surface area (Å²) in [5, 5.41) is 3.95. The molecule has 2 heterocycles. The van der Waals surface area contributed by atoms with Gasteiger partial charge in [0.25, 0.3) is 5.56 Å². The van der Waals surface area contributed by atoms with Crippen molar-refractivity contribution in [1.82, 2.24) is 9.78 Å². The van der Waals surface area contributed by atoms with E-state index in [1.165, 1.54) is 19.1 Å². The largest absolute Gasteiger partial charge is 0.469 e. The van der Waals surface area contributed by atoms with Crippen LogP contribution in [0.3, 0.4) is 0 Å². The molecule has 0 aromatic carbocycles. The minimum Gasteiger partial charge on any atom is -0.469 e. The molecule has 194 valence electrons. The van der Waals surface area contributed by atoms with Gasteiger partial charge in [0.05, 0.1) is 50.8 Å². The predicted molar refractivity (Wildman–Crippen MR) is 122 cm³/mol. The lowest BCUT2D eigenvalue weighted by molar-refractivity contribution is -0.142. The number of anilines is 1. The number of rotatable bonds is 12. The number of carbonyl (C=O) groups excluding carboxylic acids is 1. The fourth-order valence-corrected chi connectivity index (χ4v) is 4.32. The smallest absolute Gasteiger partial charge is 0.423 e. The van der Waals surface area contributed by atoms with Crippen molar-refractivity contribution in [3.63, 3.8) is 0 Å². The van der Waals surface area contributed by atoms with Gasteiger partial charge in [-0.25, -0.2) is 4.68 Å². The third-order valence-electron chi connectivity index (χ3n) is 5.52. The second kappa shape index (κ2) is 12.1. The number of methoxy groups -OCH3 is 2. The molecule has 0 aliphatic carbocycles. The van der Waals surface area contributed by atoms with Crippen LogP contribution in [0.2, 0.25) is 25.7 Å². The number of ether oxygens (including phenoxy) is 4. The Labute approximate surface area is 198 Å². The van der Waals surface area contributed by atoms with Crippen molar-refractivity contribution in [2.75, 3.05) is 45.5 Å². The first kappa shape index (κ1) is 28.3. The van der Waals surface area contributed by atoms with Crippen LogP contribution in [0, 0.1) is 0 Å². The highest BCUT2D eigenvalue weighted by atomic mass is 28.3. The highest BCUT2D eigenvalue weighted by Crippen LogP contribution is 2.37. The van der Waals surface area contributed by atoms with Crippen LogP contribution in [0.1, 0.15) is 18.4 Å². The summed E-state index contributed by atoms with van der Waals surface area (Å²) in [6, 6.07) is 0.323. The van der Waals surface area contributed by atoms with Crippen LogP contribution < -0.4 is 10.5 Å². The first-order valence-electron chi connectivity index (χ1n) is 11.1. The molecule has 13 heteroatoms. The Morgan fingerprint density at radius 2 is 1.91 bits per heavy atom. The van der Waals surface area contributed by atoms with Crippen LogP contribution in [0.4, 0.5) is 18.9 Å². The minimum atomic E-state index is -4.89. The molecule has 0 amide bonds. The zero-order valence-electron chi connectivity index (χ0n) is 20.3. The summed E-state index contributed by atoms with van der Waals surface area (Å²) in [6.07, 6.45) is -3.76. The molecule has 1 aromatic rings. The van der Waals surface area contributed by atoms with E-state index in [1.807, 2.05) is 0 Å². The number of hydrogen-bond donors (Lipinski definition) is 0. The van der Waals surface area contributed by atoms with Crippen LogP contribution in [-0.2, 0) is 36.6 Å². The van der Waals surface area contributed by atoms with E-state index in [-0.39, 0.29) is 44.7 Å². The van der Waals surface area contributed by atoms with Crippen molar-refractivity contribution < 1.29 is 36.9 Å². The lowest BCUT2D eigenvalue weighted by Crippen LogP contribution is -2.39. The number of alkyl halides is 3. The summed E-state index contributed by atoms with van der Waals surface area (Å²) in [5.41, 5.74) is -2.88. The Morgan fingerprint density at radius 1 is 1.21 bits per heavy atom. The second-order valence-electron chi connectivity index (χ2n) is 9.36. The van der Waals surface area contributed by atoms with E-state index in [0.29, 0.717) is 17.7 Å². The molecule has 0 bridgehead atoms. The molecular weight excluding hydrogens is 475 g/mol. The van der Waals surface area contributed by atoms with Gasteiger partial charge in [-0.3, -0.25) is 9.59 Å². The molecule has 2 rings (SSSR count). The molecule has 0 radical (unpaired) electrons. The molecule has 2 atom stereocenters. The number of hydrogen-bond acceptors (Lipinski definition) is 8. The Balaban J connectivity index is 2.23. The van der Waals surface area contributed by atoms with E-state index >= 15 is 0 Å². The number of nitrogens with zero attached hydrogens (tertiary/aromatic N) is 3. The molecule has 0 spiro atoms. The molecule has 9 nitrogen and oxygen atoms in total. The minimum absolute atomic E-state index is 0.0278. The second-order valence-corrected chi connectivity index (χ2v) is 15.0. The van der Waals surface area contributed by atoms with Crippen LogP contribution >= 0.6 is 0 Å². The topological polar surface area (TPSA) is 92.1 Å². The van der Waals surface area contributed by atoms with Crippen molar-refractivity contribution in [3.8, 4) is 0 Å². The van der Waals surface area contributed by atoms with Gasteiger partial charge in [-0.15, -0.1) is 0 Å². The van der Waals surface area contributed by atoms with E-state index in [4.69, 9.17) is 14.2 Å². The van der Waals surface area contributed by atoms with Crippen LogP contribution in [0.25, 0.3) is 0 Å². The van der Waals surface area contributed by atoms with Crippen molar-refractivity contribution in [2.24, 2.45) is 0 Å². The first-order valence-corrected chi connectivity index (χ1v) is 14.8. The Kier molecular flexibility index (Phi) is 10.1.